The maximum absolute atomic E-state index is 12.2. The van der Waals surface area contributed by atoms with E-state index in [0.29, 0.717) is 11.6 Å². The first-order valence-corrected chi connectivity index (χ1v) is 8.01. The summed E-state index contributed by atoms with van der Waals surface area (Å²) in [7, 11) is 0. The Balaban J connectivity index is 1.86. The van der Waals surface area contributed by atoms with Gasteiger partial charge in [0.15, 0.2) is 0 Å². The smallest absolute Gasteiger partial charge is 0.270 e. The first-order valence-electron chi connectivity index (χ1n) is 8.01. The molecular weight excluding hydrogens is 288 g/mol. The number of carbonyl (C=O) groups excluding carboxylic acids is 1. The molecule has 5 nitrogen and oxygen atoms in total. The van der Waals surface area contributed by atoms with Crippen molar-refractivity contribution in [3.8, 4) is 0 Å². The van der Waals surface area contributed by atoms with E-state index in [0.717, 1.165) is 25.2 Å². The fourth-order valence-corrected chi connectivity index (χ4v) is 2.81. The molecule has 1 N–H and O–H groups in total. The second-order valence-electron chi connectivity index (χ2n) is 6.26. The average molecular weight is 310 g/mol. The van der Waals surface area contributed by atoms with E-state index in [2.05, 4.69) is 44.5 Å². The summed E-state index contributed by atoms with van der Waals surface area (Å²) in [6.07, 6.45) is 0.973. The number of aromatic nitrogens is 2. The largest absolute Gasteiger partial charge is 0.349 e. The Morgan fingerprint density at radius 2 is 1.96 bits per heavy atom. The number of hydrogen-bond acceptors (Lipinski definition) is 4. The molecular formula is C18H22N4O. The second kappa shape index (κ2) is 6.36. The Bertz CT molecular complexity index is 727. The molecule has 0 fully saturated rings. The summed E-state index contributed by atoms with van der Waals surface area (Å²) in [6.45, 7) is 7.43. The highest BCUT2D eigenvalue weighted by atomic mass is 16.1. The average Bonchev–Trinajstić information content (AvgIpc) is 2.53. The van der Waals surface area contributed by atoms with Crippen molar-refractivity contribution in [3.63, 3.8) is 0 Å². The zero-order valence-corrected chi connectivity index (χ0v) is 13.8. The minimum absolute atomic E-state index is 0.0862. The molecule has 0 bridgehead atoms. The van der Waals surface area contributed by atoms with Gasteiger partial charge in [-0.3, -0.25) is 4.79 Å². The lowest BCUT2D eigenvalue weighted by molar-refractivity contribution is 0.0938. The summed E-state index contributed by atoms with van der Waals surface area (Å²) in [5, 5.41) is 2.88. The normalized spacial score (nSPS) is 13.8. The molecule has 2 aromatic rings. The van der Waals surface area contributed by atoms with Gasteiger partial charge < -0.3 is 10.2 Å². The van der Waals surface area contributed by atoms with E-state index in [1.807, 2.05) is 20.8 Å². The highest BCUT2D eigenvalue weighted by Gasteiger charge is 2.20. The van der Waals surface area contributed by atoms with Gasteiger partial charge in [-0.25, -0.2) is 9.97 Å². The molecule has 0 saturated heterocycles. The summed E-state index contributed by atoms with van der Waals surface area (Å²) in [5.41, 5.74) is 3.93. The number of rotatable bonds is 3. The van der Waals surface area contributed by atoms with Gasteiger partial charge in [0.1, 0.15) is 5.69 Å². The number of aryl methyl sites for hydroxylation is 1. The van der Waals surface area contributed by atoms with Crippen molar-refractivity contribution in [2.75, 3.05) is 11.4 Å². The summed E-state index contributed by atoms with van der Waals surface area (Å²) >= 11 is 0. The Kier molecular flexibility index (Phi) is 4.28. The molecule has 2 heterocycles. The molecule has 0 unspecified atom stereocenters. The molecule has 1 aliphatic rings. The van der Waals surface area contributed by atoms with E-state index >= 15 is 0 Å². The van der Waals surface area contributed by atoms with Crippen LogP contribution in [-0.2, 0) is 13.0 Å². The fraction of sp³-hybridized carbons (Fsp3) is 0.389. The Hall–Kier alpha value is -2.43. The number of hydrogen-bond donors (Lipinski definition) is 1. The molecule has 23 heavy (non-hydrogen) atoms. The standard InChI is InChI=1S/C18H22N4O/c1-12(2)19-17(23)16-10-13(3)20-18(21-16)22-9-8-14-6-4-5-7-15(14)11-22/h4-7,10,12H,8-9,11H2,1-3H3,(H,19,23). The molecule has 0 saturated carbocycles. The van der Waals surface area contributed by atoms with Crippen LogP contribution in [0, 0.1) is 6.92 Å². The van der Waals surface area contributed by atoms with E-state index in [1.165, 1.54) is 11.1 Å². The first-order chi connectivity index (χ1) is 11.0. The van der Waals surface area contributed by atoms with Crippen molar-refractivity contribution in [3.05, 3.63) is 52.8 Å². The SMILES string of the molecule is Cc1cc(C(=O)NC(C)C)nc(N2CCc3ccccc3C2)n1. The minimum atomic E-state index is -0.149. The van der Waals surface area contributed by atoms with Gasteiger partial charge in [-0.05, 0) is 44.4 Å². The third-order valence-electron chi connectivity index (χ3n) is 3.91. The fourth-order valence-electron chi connectivity index (χ4n) is 2.81. The molecule has 3 rings (SSSR count). The Morgan fingerprint density at radius 1 is 1.22 bits per heavy atom. The van der Waals surface area contributed by atoms with E-state index in [9.17, 15) is 4.79 Å². The third kappa shape index (κ3) is 3.50. The summed E-state index contributed by atoms with van der Waals surface area (Å²) in [6, 6.07) is 10.3. The molecule has 1 aromatic heterocycles. The van der Waals surface area contributed by atoms with Crippen LogP contribution in [0.3, 0.4) is 0 Å². The number of nitrogens with one attached hydrogen (secondary N) is 1. The molecule has 0 atom stereocenters. The van der Waals surface area contributed by atoms with Gasteiger partial charge in [-0.2, -0.15) is 0 Å². The molecule has 1 aliphatic heterocycles. The topological polar surface area (TPSA) is 58.1 Å². The Morgan fingerprint density at radius 3 is 2.70 bits per heavy atom. The lowest BCUT2D eigenvalue weighted by Crippen LogP contribution is -2.34. The van der Waals surface area contributed by atoms with Crippen molar-refractivity contribution in [1.29, 1.82) is 0 Å². The Labute approximate surface area is 136 Å². The van der Waals surface area contributed by atoms with Crippen LogP contribution in [-0.4, -0.2) is 28.5 Å². The van der Waals surface area contributed by atoms with Crippen LogP contribution in [0.2, 0.25) is 0 Å². The van der Waals surface area contributed by atoms with Crippen LogP contribution in [0.15, 0.2) is 30.3 Å². The van der Waals surface area contributed by atoms with Gasteiger partial charge in [-0.15, -0.1) is 0 Å². The van der Waals surface area contributed by atoms with Crippen LogP contribution >= 0.6 is 0 Å². The molecule has 1 aromatic carbocycles. The van der Waals surface area contributed by atoms with Crippen LogP contribution in [0.25, 0.3) is 0 Å². The molecule has 0 spiro atoms. The van der Waals surface area contributed by atoms with Gasteiger partial charge in [0.25, 0.3) is 5.91 Å². The number of anilines is 1. The quantitative estimate of drug-likeness (QED) is 0.946. The van der Waals surface area contributed by atoms with Gasteiger partial charge in [0.2, 0.25) is 5.95 Å². The molecule has 5 heteroatoms. The minimum Gasteiger partial charge on any atom is -0.349 e. The van der Waals surface area contributed by atoms with Crippen LogP contribution in [0.4, 0.5) is 5.95 Å². The number of nitrogens with zero attached hydrogens (tertiary/aromatic N) is 3. The number of benzene rings is 1. The zero-order valence-electron chi connectivity index (χ0n) is 13.8. The lowest BCUT2D eigenvalue weighted by Gasteiger charge is -2.29. The second-order valence-corrected chi connectivity index (χ2v) is 6.26. The highest BCUT2D eigenvalue weighted by molar-refractivity contribution is 5.92. The van der Waals surface area contributed by atoms with Crippen LogP contribution in [0.5, 0.6) is 0 Å². The van der Waals surface area contributed by atoms with Gasteiger partial charge in [0, 0.05) is 24.8 Å². The van der Waals surface area contributed by atoms with Crippen molar-refractivity contribution < 1.29 is 4.79 Å². The van der Waals surface area contributed by atoms with E-state index in [-0.39, 0.29) is 11.9 Å². The first kappa shape index (κ1) is 15.5. The van der Waals surface area contributed by atoms with Crippen LogP contribution in [0.1, 0.15) is 41.2 Å². The van der Waals surface area contributed by atoms with Gasteiger partial charge in [0.05, 0.1) is 0 Å². The molecule has 0 radical (unpaired) electrons. The summed E-state index contributed by atoms with van der Waals surface area (Å²) in [5.74, 6) is 0.484. The molecule has 120 valence electrons. The van der Waals surface area contributed by atoms with Crippen molar-refractivity contribution in [2.45, 2.75) is 39.8 Å². The predicted octanol–water partition coefficient (Wildman–Crippen LogP) is 2.49. The maximum Gasteiger partial charge on any atom is 0.270 e. The van der Waals surface area contributed by atoms with Gasteiger partial charge in [-0.1, -0.05) is 24.3 Å². The van der Waals surface area contributed by atoms with Crippen molar-refractivity contribution in [1.82, 2.24) is 15.3 Å². The van der Waals surface area contributed by atoms with E-state index in [4.69, 9.17) is 0 Å². The molecule has 1 amide bonds. The number of carbonyl (C=O) groups is 1. The number of amides is 1. The van der Waals surface area contributed by atoms with Crippen LogP contribution < -0.4 is 10.2 Å². The van der Waals surface area contributed by atoms with Crippen molar-refractivity contribution in [2.24, 2.45) is 0 Å². The summed E-state index contributed by atoms with van der Waals surface area (Å²) < 4.78 is 0. The monoisotopic (exact) mass is 310 g/mol. The predicted molar refractivity (Wildman–Crippen MR) is 90.6 cm³/mol. The maximum atomic E-state index is 12.2. The highest BCUT2D eigenvalue weighted by Crippen LogP contribution is 2.22. The van der Waals surface area contributed by atoms with E-state index < -0.39 is 0 Å². The summed E-state index contributed by atoms with van der Waals surface area (Å²) in [4.78, 5) is 23.4. The lowest BCUT2D eigenvalue weighted by atomic mass is 10.0. The van der Waals surface area contributed by atoms with Crippen molar-refractivity contribution >= 4 is 11.9 Å². The van der Waals surface area contributed by atoms with Gasteiger partial charge >= 0.3 is 0 Å². The number of fused-ring (bicyclic) bond motifs is 1. The molecule has 0 aliphatic carbocycles. The zero-order chi connectivity index (χ0) is 16.4. The van der Waals surface area contributed by atoms with E-state index in [1.54, 1.807) is 6.07 Å². The third-order valence-corrected chi connectivity index (χ3v) is 3.91.